The van der Waals surface area contributed by atoms with E-state index in [2.05, 4.69) is 15.9 Å². The van der Waals surface area contributed by atoms with Crippen molar-refractivity contribution in [2.75, 3.05) is 25.3 Å². The number of esters is 1. The highest BCUT2D eigenvalue weighted by molar-refractivity contribution is 9.10. The minimum Gasteiger partial charge on any atom is -0.435 e. The highest BCUT2D eigenvalue weighted by Gasteiger charge is 2.29. The van der Waals surface area contributed by atoms with Crippen LogP contribution in [0.15, 0.2) is 46.9 Å². The zero-order valence-corrected chi connectivity index (χ0v) is 16.5. The molecule has 0 aliphatic carbocycles. The number of halogens is 1. The van der Waals surface area contributed by atoms with Crippen molar-refractivity contribution in [2.24, 2.45) is 0 Å². The van der Waals surface area contributed by atoms with Gasteiger partial charge in [0.1, 0.15) is 5.76 Å². The van der Waals surface area contributed by atoms with Crippen LogP contribution in [0.3, 0.4) is 0 Å². The van der Waals surface area contributed by atoms with E-state index in [1.54, 1.807) is 24.3 Å². The first-order chi connectivity index (χ1) is 13.0. The Kier molecular flexibility index (Phi) is 5.93. The normalized spacial score (nSPS) is 14.7. The third-order valence-corrected chi connectivity index (χ3v) is 4.53. The molecule has 0 saturated carbocycles. The molecule has 1 aliphatic rings. The molecule has 0 radical (unpaired) electrons. The summed E-state index contributed by atoms with van der Waals surface area (Å²) in [6, 6.07) is 12.6. The SMILES string of the molecule is CCN1C(=O)O/C(=C\c2ccc(Br)cc2)c2cc(C(=O)OCOC)ccc21. The predicted octanol–water partition coefficient (Wildman–Crippen LogP) is 4.68. The summed E-state index contributed by atoms with van der Waals surface area (Å²) in [5, 5.41) is 0. The lowest BCUT2D eigenvalue weighted by Crippen LogP contribution is -2.35. The van der Waals surface area contributed by atoms with E-state index in [-0.39, 0.29) is 6.79 Å². The van der Waals surface area contributed by atoms with Crippen LogP contribution in [0.2, 0.25) is 0 Å². The Labute approximate surface area is 165 Å². The third kappa shape index (κ3) is 4.20. The van der Waals surface area contributed by atoms with E-state index in [1.807, 2.05) is 31.2 Å². The molecule has 140 valence electrons. The Morgan fingerprint density at radius 2 is 1.96 bits per heavy atom. The van der Waals surface area contributed by atoms with E-state index >= 15 is 0 Å². The number of hydrogen-bond acceptors (Lipinski definition) is 5. The molecule has 1 aliphatic heterocycles. The fraction of sp³-hybridized carbons (Fsp3) is 0.200. The van der Waals surface area contributed by atoms with Gasteiger partial charge in [0, 0.05) is 23.7 Å². The van der Waals surface area contributed by atoms with Gasteiger partial charge in [0.25, 0.3) is 0 Å². The standard InChI is InChI=1S/C20H18BrNO5/c1-3-22-17-9-6-14(19(23)26-12-25-2)11-16(17)18(27-20(22)24)10-13-4-7-15(21)8-5-13/h4-11H,3,12H2,1-2H3/b18-10-. The number of nitrogens with zero attached hydrogens (tertiary/aromatic N) is 1. The summed E-state index contributed by atoms with van der Waals surface area (Å²) in [6.45, 7) is 2.17. The Balaban J connectivity index is 2.05. The second kappa shape index (κ2) is 8.37. The molecule has 2 aromatic carbocycles. The van der Waals surface area contributed by atoms with Gasteiger partial charge >= 0.3 is 12.1 Å². The number of carbonyl (C=O) groups excluding carboxylic acids is 2. The molecule has 1 heterocycles. The van der Waals surface area contributed by atoms with Gasteiger partial charge in [-0.15, -0.1) is 0 Å². The molecule has 27 heavy (non-hydrogen) atoms. The number of amides is 1. The predicted molar refractivity (Wildman–Crippen MR) is 105 cm³/mol. The average molecular weight is 432 g/mol. The van der Waals surface area contributed by atoms with Crippen LogP contribution in [0.25, 0.3) is 11.8 Å². The number of hydrogen-bond donors (Lipinski definition) is 0. The quantitative estimate of drug-likeness (QED) is 0.507. The number of cyclic esters (lactones) is 1. The minimum atomic E-state index is -0.511. The van der Waals surface area contributed by atoms with Crippen molar-refractivity contribution in [1.82, 2.24) is 0 Å². The van der Waals surface area contributed by atoms with E-state index in [9.17, 15) is 9.59 Å². The zero-order valence-electron chi connectivity index (χ0n) is 14.9. The molecule has 6 nitrogen and oxygen atoms in total. The summed E-state index contributed by atoms with van der Waals surface area (Å²) in [5.41, 5.74) is 2.54. The van der Waals surface area contributed by atoms with E-state index < -0.39 is 12.1 Å². The van der Waals surface area contributed by atoms with Crippen molar-refractivity contribution >= 4 is 45.5 Å². The number of carbonyl (C=O) groups is 2. The minimum absolute atomic E-state index is 0.131. The summed E-state index contributed by atoms with van der Waals surface area (Å²) < 4.78 is 16.2. The van der Waals surface area contributed by atoms with Crippen LogP contribution in [0.5, 0.6) is 0 Å². The summed E-state index contributed by atoms with van der Waals surface area (Å²) >= 11 is 3.39. The molecule has 1 amide bonds. The van der Waals surface area contributed by atoms with Crippen molar-refractivity contribution in [3.63, 3.8) is 0 Å². The fourth-order valence-electron chi connectivity index (χ4n) is 2.71. The summed E-state index contributed by atoms with van der Waals surface area (Å²) in [4.78, 5) is 26.0. The van der Waals surface area contributed by atoms with Gasteiger partial charge in [0.15, 0.2) is 6.79 Å². The van der Waals surface area contributed by atoms with Gasteiger partial charge < -0.3 is 14.2 Å². The highest BCUT2D eigenvalue weighted by Crippen LogP contribution is 2.36. The molecule has 3 rings (SSSR count). The number of rotatable bonds is 5. The molecule has 0 atom stereocenters. The first kappa shape index (κ1) is 19.1. The summed E-state index contributed by atoms with van der Waals surface area (Å²) in [5.74, 6) is -0.133. The lowest BCUT2D eigenvalue weighted by molar-refractivity contribution is -0.0125. The van der Waals surface area contributed by atoms with Crippen molar-refractivity contribution in [2.45, 2.75) is 6.92 Å². The molecule has 0 aromatic heterocycles. The Morgan fingerprint density at radius 3 is 2.63 bits per heavy atom. The number of anilines is 1. The van der Waals surface area contributed by atoms with Gasteiger partial charge in [-0.05, 0) is 48.9 Å². The topological polar surface area (TPSA) is 65.1 Å². The number of ether oxygens (including phenoxy) is 3. The third-order valence-electron chi connectivity index (χ3n) is 4.00. The molecule has 2 aromatic rings. The highest BCUT2D eigenvalue weighted by atomic mass is 79.9. The Bertz CT molecular complexity index is 892. The smallest absolute Gasteiger partial charge is 0.419 e. The van der Waals surface area contributed by atoms with Gasteiger partial charge in [0.05, 0.1) is 11.3 Å². The fourth-order valence-corrected chi connectivity index (χ4v) is 2.98. The maximum Gasteiger partial charge on any atom is 0.419 e. The largest absolute Gasteiger partial charge is 0.435 e. The summed E-state index contributed by atoms with van der Waals surface area (Å²) in [6.07, 6.45) is 1.31. The van der Waals surface area contributed by atoms with Crippen molar-refractivity contribution < 1.29 is 23.8 Å². The molecule has 0 N–H and O–H groups in total. The second-order valence-electron chi connectivity index (χ2n) is 5.74. The average Bonchev–Trinajstić information content (AvgIpc) is 2.67. The number of fused-ring (bicyclic) bond motifs is 1. The number of methoxy groups -OCH3 is 1. The second-order valence-corrected chi connectivity index (χ2v) is 6.66. The van der Waals surface area contributed by atoms with Gasteiger partial charge in [-0.2, -0.15) is 0 Å². The molecule has 0 saturated heterocycles. The first-order valence-electron chi connectivity index (χ1n) is 8.30. The van der Waals surface area contributed by atoms with E-state index in [1.165, 1.54) is 12.0 Å². The lowest BCUT2D eigenvalue weighted by atomic mass is 10.0. The maximum atomic E-state index is 12.4. The van der Waals surface area contributed by atoms with Crippen LogP contribution < -0.4 is 4.90 Å². The Hall–Kier alpha value is -2.64. The van der Waals surface area contributed by atoms with Crippen LogP contribution in [0, 0.1) is 0 Å². The van der Waals surface area contributed by atoms with Crippen molar-refractivity contribution in [3.05, 3.63) is 63.6 Å². The Morgan fingerprint density at radius 1 is 1.22 bits per heavy atom. The molecule has 7 heteroatoms. The first-order valence-corrected chi connectivity index (χ1v) is 9.10. The lowest BCUT2D eigenvalue weighted by Gasteiger charge is -2.29. The van der Waals surface area contributed by atoms with Crippen LogP contribution in [-0.2, 0) is 14.2 Å². The van der Waals surface area contributed by atoms with E-state index in [4.69, 9.17) is 14.2 Å². The number of benzene rings is 2. The van der Waals surface area contributed by atoms with Crippen molar-refractivity contribution in [3.8, 4) is 0 Å². The molecular weight excluding hydrogens is 414 g/mol. The molecule has 0 bridgehead atoms. The van der Waals surface area contributed by atoms with Gasteiger partial charge in [0.2, 0.25) is 0 Å². The molecular formula is C20H18BrNO5. The van der Waals surface area contributed by atoms with Crippen molar-refractivity contribution in [1.29, 1.82) is 0 Å². The molecule has 0 spiro atoms. The van der Waals surface area contributed by atoms with Crippen LogP contribution in [-0.4, -0.2) is 32.5 Å². The molecule has 0 fully saturated rings. The maximum absolute atomic E-state index is 12.4. The van der Waals surface area contributed by atoms with Gasteiger partial charge in [-0.25, -0.2) is 9.59 Å². The van der Waals surface area contributed by atoms with Gasteiger partial charge in [-0.3, -0.25) is 4.90 Å². The summed E-state index contributed by atoms with van der Waals surface area (Å²) in [7, 11) is 1.44. The monoisotopic (exact) mass is 431 g/mol. The zero-order chi connectivity index (χ0) is 19.4. The molecule has 0 unspecified atom stereocenters. The van der Waals surface area contributed by atoms with Crippen LogP contribution in [0.4, 0.5) is 10.5 Å². The van der Waals surface area contributed by atoms with Crippen LogP contribution >= 0.6 is 15.9 Å². The van der Waals surface area contributed by atoms with E-state index in [0.29, 0.717) is 29.1 Å². The van der Waals surface area contributed by atoms with Gasteiger partial charge in [-0.1, -0.05) is 28.1 Å². The van der Waals surface area contributed by atoms with E-state index in [0.717, 1.165) is 10.0 Å². The van der Waals surface area contributed by atoms with Crippen LogP contribution in [0.1, 0.15) is 28.4 Å².